The van der Waals surface area contributed by atoms with Crippen LogP contribution in [0.1, 0.15) is 46.6 Å². The Kier molecular flexibility index (Phi) is 7.87. The fourth-order valence-corrected chi connectivity index (χ4v) is 2.68. The largest absolute Gasteiger partial charge is 0.391 e. The lowest BCUT2D eigenvalue weighted by Gasteiger charge is -2.33. The first-order valence-electron chi connectivity index (χ1n) is 8.63. The molecular formula is C19H33N3O2. The zero-order valence-corrected chi connectivity index (χ0v) is 15.6. The third-order valence-electron chi connectivity index (χ3n) is 3.64. The smallest absolute Gasteiger partial charge is 0.223 e. The first-order valence-corrected chi connectivity index (χ1v) is 8.63. The number of hydrogen-bond acceptors (Lipinski definition) is 4. The molecule has 1 amide bonds. The van der Waals surface area contributed by atoms with Gasteiger partial charge in [-0.1, -0.05) is 44.2 Å². The summed E-state index contributed by atoms with van der Waals surface area (Å²) in [5.41, 5.74) is 0.781. The highest BCUT2D eigenvalue weighted by Crippen LogP contribution is 2.15. The van der Waals surface area contributed by atoms with Crippen LogP contribution < -0.4 is 11.2 Å². The van der Waals surface area contributed by atoms with Gasteiger partial charge in [-0.2, -0.15) is 0 Å². The Balaban J connectivity index is 2.81. The van der Waals surface area contributed by atoms with E-state index in [9.17, 15) is 9.90 Å². The summed E-state index contributed by atoms with van der Waals surface area (Å²) in [5, 5.41) is 15.2. The van der Waals surface area contributed by atoms with Gasteiger partial charge in [-0.3, -0.25) is 10.6 Å². The number of hydrazine groups is 1. The van der Waals surface area contributed by atoms with Gasteiger partial charge < -0.3 is 10.4 Å². The van der Waals surface area contributed by atoms with E-state index in [2.05, 4.69) is 19.2 Å². The Bertz CT molecular complexity index is 497. The van der Waals surface area contributed by atoms with Gasteiger partial charge in [-0.15, -0.1) is 0 Å². The van der Waals surface area contributed by atoms with Crippen molar-refractivity contribution in [3.63, 3.8) is 0 Å². The van der Waals surface area contributed by atoms with Crippen molar-refractivity contribution in [2.24, 2.45) is 11.8 Å². The van der Waals surface area contributed by atoms with Crippen LogP contribution in [0.4, 0.5) is 0 Å². The lowest BCUT2D eigenvalue weighted by molar-refractivity contribution is -0.125. The van der Waals surface area contributed by atoms with E-state index < -0.39 is 6.10 Å². The van der Waals surface area contributed by atoms with Crippen LogP contribution >= 0.6 is 0 Å². The molecule has 0 aliphatic rings. The monoisotopic (exact) mass is 335 g/mol. The van der Waals surface area contributed by atoms with Crippen molar-refractivity contribution in [2.75, 3.05) is 6.54 Å². The molecular weight excluding hydrogens is 302 g/mol. The van der Waals surface area contributed by atoms with Crippen molar-refractivity contribution in [2.45, 2.75) is 65.1 Å². The summed E-state index contributed by atoms with van der Waals surface area (Å²) < 4.78 is 0. The molecule has 0 aromatic heterocycles. The molecule has 5 nitrogen and oxygen atoms in total. The third kappa shape index (κ3) is 7.90. The van der Waals surface area contributed by atoms with Gasteiger partial charge in [0.05, 0.1) is 18.6 Å². The van der Waals surface area contributed by atoms with Gasteiger partial charge in [-0.05, 0) is 38.7 Å². The van der Waals surface area contributed by atoms with Crippen LogP contribution in [-0.2, 0) is 11.2 Å². The maximum atomic E-state index is 12.1. The van der Waals surface area contributed by atoms with Gasteiger partial charge in [0.1, 0.15) is 0 Å². The van der Waals surface area contributed by atoms with Crippen LogP contribution in [0.2, 0.25) is 0 Å². The number of hydrogen-bond donors (Lipinski definition) is 3. The van der Waals surface area contributed by atoms with Crippen molar-refractivity contribution in [3.05, 3.63) is 35.9 Å². The summed E-state index contributed by atoms with van der Waals surface area (Å²) in [6.07, 6.45) is -0.175. The molecule has 1 aromatic carbocycles. The number of rotatable bonds is 8. The number of nitrogens with two attached hydrogens (primary N) is 1. The van der Waals surface area contributed by atoms with Gasteiger partial charge in [0.15, 0.2) is 0 Å². The maximum absolute atomic E-state index is 12.1. The second-order valence-corrected chi connectivity index (χ2v) is 7.92. The van der Waals surface area contributed by atoms with Gasteiger partial charge >= 0.3 is 0 Å². The summed E-state index contributed by atoms with van der Waals surface area (Å²) in [7, 11) is 0. The van der Waals surface area contributed by atoms with Crippen LogP contribution in [0.15, 0.2) is 30.3 Å². The van der Waals surface area contributed by atoms with E-state index in [1.165, 1.54) is 0 Å². The minimum Gasteiger partial charge on any atom is -0.391 e. The lowest BCUT2D eigenvalue weighted by Crippen LogP contribution is -2.52. The van der Waals surface area contributed by atoms with Crippen LogP contribution in [0.5, 0.6) is 0 Å². The fourth-order valence-electron chi connectivity index (χ4n) is 2.68. The molecule has 24 heavy (non-hydrogen) atoms. The molecule has 4 N–H and O–H groups in total. The van der Waals surface area contributed by atoms with Crippen LogP contribution in [0.25, 0.3) is 0 Å². The summed E-state index contributed by atoms with van der Waals surface area (Å²) in [5.74, 6) is 6.43. The average molecular weight is 335 g/mol. The van der Waals surface area contributed by atoms with Gasteiger partial charge in [0, 0.05) is 12.1 Å². The van der Waals surface area contributed by atoms with Crippen LogP contribution in [0.3, 0.4) is 0 Å². The normalized spacial score (nSPS) is 14.7. The summed E-state index contributed by atoms with van der Waals surface area (Å²) >= 11 is 0. The Morgan fingerprint density at radius 2 is 1.83 bits per heavy atom. The van der Waals surface area contributed by atoms with E-state index in [1.54, 1.807) is 5.01 Å². The Labute approximate surface area is 146 Å². The number of carbonyl (C=O) groups is 1. The van der Waals surface area contributed by atoms with Gasteiger partial charge in [0.2, 0.25) is 5.91 Å². The molecule has 0 heterocycles. The molecule has 1 aromatic rings. The number of carbonyl (C=O) groups excluding carboxylic acids is 1. The van der Waals surface area contributed by atoms with E-state index in [0.717, 1.165) is 5.56 Å². The highest BCUT2D eigenvalue weighted by molar-refractivity contribution is 5.77. The van der Waals surface area contributed by atoms with Crippen molar-refractivity contribution in [1.82, 2.24) is 10.3 Å². The molecule has 0 saturated heterocycles. The number of nitrogens with zero attached hydrogens (tertiary/aromatic N) is 1. The zero-order valence-electron chi connectivity index (χ0n) is 15.6. The van der Waals surface area contributed by atoms with E-state index in [-0.39, 0.29) is 23.9 Å². The minimum absolute atomic E-state index is 0.0422. The third-order valence-corrected chi connectivity index (χ3v) is 3.64. The van der Waals surface area contributed by atoms with Crippen molar-refractivity contribution < 1.29 is 9.90 Å². The predicted molar refractivity (Wildman–Crippen MR) is 98.2 cm³/mol. The molecule has 0 unspecified atom stereocenters. The molecule has 2 atom stereocenters. The number of nitrogens with one attached hydrogen (secondary N) is 1. The van der Waals surface area contributed by atoms with E-state index in [4.69, 9.17) is 5.84 Å². The second kappa shape index (κ2) is 9.16. The second-order valence-electron chi connectivity index (χ2n) is 7.92. The molecule has 0 saturated carbocycles. The molecule has 0 spiro atoms. The molecule has 0 aliphatic carbocycles. The number of benzene rings is 1. The Morgan fingerprint density at radius 1 is 1.25 bits per heavy atom. The van der Waals surface area contributed by atoms with Crippen molar-refractivity contribution in [1.29, 1.82) is 0 Å². The molecule has 5 heteroatoms. The Morgan fingerprint density at radius 3 is 2.33 bits per heavy atom. The molecule has 0 aliphatic heterocycles. The molecule has 0 radical (unpaired) electrons. The van der Waals surface area contributed by atoms with E-state index >= 15 is 0 Å². The summed E-state index contributed by atoms with van der Waals surface area (Å²) in [6, 6.07) is 9.61. The maximum Gasteiger partial charge on any atom is 0.223 e. The van der Waals surface area contributed by atoms with Gasteiger partial charge in [-0.25, -0.2) is 5.01 Å². The highest BCUT2D eigenvalue weighted by Gasteiger charge is 2.28. The number of aliphatic hydroxyl groups excluding tert-OH is 1. The fraction of sp³-hybridized carbons (Fsp3) is 0.632. The molecule has 0 bridgehead atoms. The van der Waals surface area contributed by atoms with Crippen molar-refractivity contribution >= 4 is 5.91 Å². The quantitative estimate of drug-likeness (QED) is 0.502. The molecule has 136 valence electrons. The first kappa shape index (κ1) is 20.6. The Hall–Kier alpha value is -1.43. The van der Waals surface area contributed by atoms with Crippen LogP contribution in [0, 0.1) is 5.92 Å². The lowest BCUT2D eigenvalue weighted by atomic mass is 9.97. The average Bonchev–Trinajstić information content (AvgIpc) is 2.42. The molecule has 0 fully saturated rings. The van der Waals surface area contributed by atoms with E-state index in [0.29, 0.717) is 18.9 Å². The predicted octanol–water partition coefficient (Wildman–Crippen LogP) is 2.10. The topological polar surface area (TPSA) is 78.6 Å². The summed E-state index contributed by atoms with van der Waals surface area (Å²) in [6.45, 7) is 10.6. The highest BCUT2D eigenvalue weighted by atomic mass is 16.3. The molecule has 1 rings (SSSR count). The summed E-state index contributed by atoms with van der Waals surface area (Å²) in [4.78, 5) is 12.1. The zero-order chi connectivity index (χ0) is 18.3. The number of aliphatic hydroxyl groups is 1. The first-order chi connectivity index (χ1) is 11.1. The standard InChI is InChI=1S/C19H33N3O2/c1-14(2)13-22(20)16(11-15-9-7-6-8-10-15)17(23)12-18(24)21-19(3,4)5/h6-10,14,16-17,23H,11-13,20H2,1-5H3,(H,21,24)/t16-,17-/m0/s1. The van der Waals surface area contributed by atoms with Gasteiger partial charge in [0.25, 0.3) is 0 Å². The number of amides is 1. The SMILES string of the molecule is CC(C)CN(N)[C@@H](Cc1ccccc1)[C@@H](O)CC(=O)NC(C)(C)C. The minimum atomic E-state index is -0.823. The van der Waals surface area contributed by atoms with E-state index in [1.807, 2.05) is 51.1 Å². The van der Waals surface area contributed by atoms with Crippen LogP contribution in [-0.4, -0.2) is 40.3 Å². The van der Waals surface area contributed by atoms with Crippen molar-refractivity contribution in [3.8, 4) is 0 Å².